The first kappa shape index (κ1) is 17.9. The smallest absolute Gasteiger partial charge is 0.254 e. The molecule has 1 unspecified atom stereocenters. The number of H-pyrrole nitrogens is 1. The second-order valence-electron chi connectivity index (χ2n) is 7.19. The van der Waals surface area contributed by atoms with Gasteiger partial charge < -0.3 is 4.90 Å². The van der Waals surface area contributed by atoms with Crippen LogP contribution >= 0.6 is 11.6 Å². The number of aromatic nitrogens is 4. The van der Waals surface area contributed by atoms with Gasteiger partial charge in [0.05, 0.1) is 22.0 Å². The van der Waals surface area contributed by atoms with Gasteiger partial charge in [-0.1, -0.05) is 11.6 Å². The molecule has 1 aliphatic carbocycles. The van der Waals surface area contributed by atoms with E-state index in [2.05, 4.69) is 25.5 Å². The molecule has 1 fully saturated rings. The molecule has 2 N–H and O–H groups in total. The Hall–Kier alpha value is -3.14. The number of hydrogen-bond donors (Lipinski definition) is 2. The number of amides is 2. The highest BCUT2D eigenvalue weighted by molar-refractivity contribution is 6.31. The molecule has 29 heavy (non-hydrogen) atoms. The van der Waals surface area contributed by atoms with Crippen LogP contribution in [-0.4, -0.2) is 56.1 Å². The quantitative estimate of drug-likeness (QED) is 0.678. The van der Waals surface area contributed by atoms with Gasteiger partial charge in [0, 0.05) is 23.9 Å². The monoisotopic (exact) mass is 418 g/mol. The fourth-order valence-electron chi connectivity index (χ4n) is 3.82. The summed E-state index contributed by atoms with van der Waals surface area (Å²) >= 11 is 5.83. The van der Waals surface area contributed by atoms with E-state index in [0.29, 0.717) is 11.0 Å². The van der Waals surface area contributed by atoms with E-state index in [1.165, 1.54) is 23.2 Å². The molecule has 1 aliphatic heterocycles. The molecule has 1 saturated carbocycles. The minimum absolute atomic E-state index is 0.00666. The SMILES string of the molecule is O=C(CN1CC2(C[C@H]2F)c2c(ccc(Cl)c2F)C1=O)Nc1ncc2cn[nH]c2n1. The van der Waals surface area contributed by atoms with Crippen LogP contribution < -0.4 is 5.32 Å². The van der Waals surface area contributed by atoms with E-state index in [1.54, 1.807) is 6.20 Å². The zero-order chi connectivity index (χ0) is 20.3. The van der Waals surface area contributed by atoms with Crippen molar-refractivity contribution >= 4 is 40.4 Å². The average molecular weight is 419 g/mol. The van der Waals surface area contributed by atoms with Crippen LogP contribution in [0, 0.1) is 5.82 Å². The molecule has 0 saturated heterocycles. The van der Waals surface area contributed by atoms with Gasteiger partial charge in [-0.25, -0.2) is 13.8 Å². The van der Waals surface area contributed by atoms with Gasteiger partial charge in [0.1, 0.15) is 18.5 Å². The second-order valence-corrected chi connectivity index (χ2v) is 7.60. The summed E-state index contributed by atoms with van der Waals surface area (Å²) in [6.45, 7) is -0.452. The van der Waals surface area contributed by atoms with E-state index >= 15 is 0 Å². The number of halogens is 3. The molecule has 3 heterocycles. The molecule has 0 bridgehead atoms. The predicted octanol–water partition coefficient (Wildman–Crippen LogP) is 2.22. The molecule has 2 aromatic heterocycles. The molecule has 0 radical (unpaired) electrons. The lowest BCUT2D eigenvalue weighted by Crippen LogP contribution is -2.48. The second kappa shape index (κ2) is 6.18. The van der Waals surface area contributed by atoms with Crippen LogP contribution in [0.15, 0.2) is 24.5 Å². The fourth-order valence-corrected chi connectivity index (χ4v) is 3.98. The molecule has 2 amide bonds. The molecule has 2 atom stereocenters. The Morgan fingerprint density at radius 3 is 2.97 bits per heavy atom. The summed E-state index contributed by atoms with van der Waals surface area (Å²) in [6.07, 6.45) is 1.79. The molecule has 148 valence electrons. The van der Waals surface area contributed by atoms with E-state index in [4.69, 9.17) is 11.6 Å². The topological polar surface area (TPSA) is 104 Å². The Balaban J connectivity index is 1.39. The maximum Gasteiger partial charge on any atom is 0.254 e. The first-order chi connectivity index (χ1) is 13.9. The Morgan fingerprint density at radius 2 is 2.21 bits per heavy atom. The zero-order valence-corrected chi connectivity index (χ0v) is 15.5. The van der Waals surface area contributed by atoms with Crippen LogP contribution in [0.5, 0.6) is 0 Å². The van der Waals surface area contributed by atoms with Crippen LogP contribution in [0.25, 0.3) is 11.0 Å². The maximum atomic E-state index is 14.6. The first-order valence-electron chi connectivity index (χ1n) is 8.77. The molecular weight excluding hydrogens is 406 g/mol. The molecule has 8 nitrogen and oxygen atoms in total. The maximum absolute atomic E-state index is 14.6. The molecule has 2 aliphatic rings. The number of hydrogen-bond acceptors (Lipinski definition) is 5. The molecule has 1 spiro atoms. The summed E-state index contributed by atoms with van der Waals surface area (Å²) in [7, 11) is 0. The van der Waals surface area contributed by atoms with E-state index < -0.39 is 29.2 Å². The standard InChI is InChI=1S/C18H13ClF2N6O2/c19-10-2-1-9-13(14(10)21)18(3-11(18)20)7-27(16(9)29)6-12(28)24-17-22-4-8-5-23-26-15(8)25-17/h1-2,4-5,11H,3,6-7H2,(H2,22,23,24,25,26,28)/t11-,18?/m1/s1. The third kappa shape index (κ3) is 2.74. The third-order valence-electron chi connectivity index (χ3n) is 5.34. The number of carbonyl (C=O) groups excluding carboxylic acids is 2. The lowest BCUT2D eigenvalue weighted by atomic mass is 9.85. The van der Waals surface area contributed by atoms with Crippen molar-refractivity contribution in [3.63, 3.8) is 0 Å². The Bertz CT molecular complexity index is 1180. The number of benzene rings is 1. The van der Waals surface area contributed by atoms with E-state index in [-0.39, 0.29) is 41.6 Å². The van der Waals surface area contributed by atoms with Gasteiger partial charge in [0.25, 0.3) is 5.91 Å². The number of nitrogens with zero attached hydrogens (tertiary/aromatic N) is 4. The van der Waals surface area contributed by atoms with Crippen molar-refractivity contribution in [1.29, 1.82) is 0 Å². The number of fused-ring (bicyclic) bond motifs is 3. The summed E-state index contributed by atoms with van der Waals surface area (Å²) in [5.74, 6) is -1.84. The van der Waals surface area contributed by atoms with Crippen LogP contribution in [0.1, 0.15) is 22.3 Å². The summed E-state index contributed by atoms with van der Waals surface area (Å²) in [5, 5.41) is 9.50. The normalized spacial score (nSPS) is 22.8. The summed E-state index contributed by atoms with van der Waals surface area (Å²) in [4.78, 5) is 34.6. The van der Waals surface area contributed by atoms with Gasteiger partial charge in [-0.05, 0) is 18.6 Å². The van der Waals surface area contributed by atoms with Gasteiger partial charge in [-0.15, -0.1) is 0 Å². The highest BCUT2D eigenvalue weighted by Crippen LogP contribution is 2.55. The van der Waals surface area contributed by atoms with Gasteiger partial charge >= 0.3 is 0 Å². The van der Waals surface area contributed by atoms with Crippen LogP contribution in [0.4, 0.5) is 14.7 Å². The lowest BCUT2D eigenvalue weighted by molar-refractivity contribution is -0.117. The van der Waals surface area contributed by atoms with Gasteiger partial charge in [-0.2, -0.15) is 10.1 Å². The third-order valence-corrected chi connectivity index (χ3v) is 5.64. The van der Waals surface area contributed by atoms with E-state index in [1.807, 2.05) is 0 Å². The molecule has 1 aromatic carbocycles. The first-order valence-corrected chi connectivity index (χ1v) is 9.14. The number of aromatic amines is 1. The van der Waals surface area contributed by atoms with Crippen molar-refractivity contribution < 1.29 is 18.4 Å². The van der Waals surface area contributed by atoms with Crippen LogP contribution in [0.3, 0.4) is 0 Å². The lowest BCUT2D eigenvalue weighted by Gasteiger charge is -2.34. The van der Waals surface area contributed by atoms with Gasteiger partial charge in [-0.3, -0.25) is 20.0 Å². The molecule has 11 heteroatoms. The van der Waals surface area contributed by atoms with Crippen molar-refractivity contribution in [1.82, 2.24) is 25.1 Å². The van der Waals surface area contributed by atoms with Crippen molar-refractivity contribution in [3.8, 4) is 0 Å². The van der Waals surface area contributed by atoms with E-state index in [9.17, 15) is 18.4 Å². The van der Waals surface area contributed by atoms with Crippen molar-refractivity contribution in [2.45, 2.75) is 18.0 Å². The highest BCUT2D eigenvalue weighted by atomic mass is 35.5. The van der Waals surface area contributed by atoms with Crippen LogP contribution in [-0.2, 0) is 10.2 Å². The average Bonchev–Trinajstić information content (AvgIpc) is 3.10. The van der Waals surface area contributed by atoms with Crippen molar-refractivity contribution in [2.75, 3.05) is 18.4 Å². The van der Waals surface area contributed by atoms with Crippen molar-refractivity contribution in [2.24, 2.45) is 0 Å². The Labute approximate surface area is 167 Å². The number of carbonyl (C=O) groups is 2. The minimum Gasteiger partial charge on any atom is -0.328 e. The molecular formula is C18H13ClF2N6O2. The molecule has 5 rings (SSSR count). The molecule has 3 aromatic rings. The number of rotatable bonds is 3. The number of alkyl halides is 1. The van der Waals surface area contributed by atoms with E-state index in [0.717, 1.165) is 0 Å². The number of nitrogens with one attached hydrogen (secondary N) is 2. The zero-order valence-electron chi connectivity index (χ0n) is 14.7. The summed E-state index contributed by atoms with van der Waals surface area (Å²) in [6, 6.07) is 2.63. The summed E-state index contributed by atoms with van der Waals surface area (Å²) < 4.78 is 28.8. The largest absolute Gasteiger partial charge is 0.328 e. The summed E-state index contributed by atoms with van der Waals surface area (Å²) in [5.41, 5.74) is -0.680. The Morgan fingerprint density at radius 1 is 1.41 bits per heavy atom. The number of anilines is 1. The van der Waals surface area contributed by atoms with Crippen molar-refractivity contribution in [3.05, 3.63) is 46.5 Å². The predicted molar refractivity (Wildman–Crippen MR) is 98.8 cm³/mol. The highest BCUT2D eigenvalue weighted by Gasteiger charge is 2.62. The fraction of sp³-hybridized carbons (Fsp3) is 0.278. The van der Waals surface area contributed by atoms with Gasteiger partial charge in [0.2, 0.25) is 11.9 Å². The minimum atomic E-state index is -1.31. The van der Waals surface area contributed by atoms with Crippen LogP contribution in [0.2, 0.25) is 5.02 Å². The van der Waals surface area contributed by atoms with Gasteiger partial charge in [0.15, 0.2) is 5.65 Å². The Kier molecular flexibility index (Phi) is 3.82.